The molecular formula is C15H15ClN2. The minimum absolute atomic E-state index is 0.0861. The predicted molar refractivity (Wildman–Crippen MR) is 73.7 cm³/mol. The van der Waals surface area contributed by atoms with Gasteiger partial charge in [0.1, 0.15) is 0 Å². The summed E-state index contributed by atoms with van der Waals surface area (Å²) < 4.78 is 0. The smallest absolute Gasteiger partial charge is 0.0756 e. The second-order valence-electron chi connectivity index (χ2n) is 4.81. The first kappa shape index (κ1) is 11.7. The summed E-state index contributed by atoms with van der Waals surface area (Å²) in [5, 5.41) is 0.664. The van der Waals surface area contributed by atoms with Gasteiger partial charge in [0, 0.05) is 12.2 Å². The second kappa shape index (κ2) is 4.71. The quantitative estimate of drug-likeness (QED) is 0.916. The van der Waals surface area contributed by atoms with Gasteiger partial charge in [-0.15, -0.1) is 0 Å². The van der Waals surface area contributed by atoms with Gasteiger partial charge in [0.25, 0.3) is 0 Å². The fourth-order valence-corrected chi connectivity index (χ4v) is 2.92. The van der Waals surface area contributed by atoms with Gasteiger partial charge in [-0.3, -0.25) is 4.98 Å². The first-order valence-corrected chi connectivity index (χ1v) is 6.57. The Balaban J connectivity index is 1.74. The van der Waals surface area contributed by atoms with E-state index < -0.39 is 0 Å². The van der Waals surface area contributed by atoms with E-state index in [0.717, 1.165) is 18.5 Å². The number of rotatable bonds is 3. The molecule has 2 nitrogen and oxygen atoms in total. The molecule has 1 aliphatic carbocycles. The lowest BCUT2D eigenvalue weighted by Crippen LogP contribution is -2.23. The molecule has 1 aromatic carbocycles. The average Bonchev–Trinajstić information content (AvgIpc) is 2.36. The van der Waals surface area contributed by atoms with Gasteiger partial charge in [0.2, 0.25) is 0 Å². The number of hydrogen-bond donors (Lipinski definition) is 1. The van der Waals surface area contributed by atoms with Crippen molar-refractivity contribution in [3.05, 3.63) is 64.4 Å². The molecule has 0 aliphatic heterocycles. The summed E-state index contributed by atoms with van der Waals surface area (Å²) in [5.74, 6) is 0.550. The molecule has 1 aromatic heterocycles. The van der Waals surface area contributed by atoms with Crippen molar-refractivity contribution in [1.29, 1.82) is 0 Å². The molecule has 92 valence electrons. The molecule has 0 fully saturated rings. The zero-order valence-electron chi connectivity index (χ0n) is 10.0. The van der Waals surface area contributed by atoms with Crippen molar-refractivity contribution in [2.24, 2.45) is 5.73 Å². The van der Waals surface area contributed by atoms with Crippen molar-refractivity contribution in [2.45, 2.75) is 24.8 Å². The van der Waals surface area contributed by atoms with Crippen LogP contribution in [0, 0.1) is 0 Å². The van der Waals surface area contributed by atoms with Crippen molar-refractivity contribution < 1.29 is 0 Å². The molecule has 0 saturated heterocycles. The average molecular weight is 259 g/mol. The molecule has 18 heavy (non-hydrogen) atoms. The van der Waals surface area contributed by atoms with Crippen LogP contribution in [0.5, 0.6) is 0 Å². The Morgan fingerprint density at radius 3 is 2.89 bits per heavy atom. The highest BCUT2D eigenvalue weighted by molar-refractivity contribution is 6.31. The lowest BCUT2D eigenvalue weighted by Gasteiger charge is -2.32. The van der Waals surface area contributed by atoms with Crippen molar-refractivity contribution in [3.63, 3.8) is 0 Å². The number of benzene rings is 1. The highest BCUT2D eigenvalue weighted by Gasteiger charge is 2.28. The minimum atomic E-state index is -0.0861. The van der Waals surface area contributed by atoms with Gasteiger partial charge in [-0.1, -0.05) is 35.9 Å². The van der Waals surface area contributed by atoms with Crippen molar-refractivity contribution in [3.8, 4) is 0 Å². The third-order valence-electron chi connectivity index (χ3n) is 3.64. The van der Waals surface area contributed by atoms with E-state index in [1.807, 2.05) is 12.1 Å². The van der Waals surface area contributed by atoms with E-state index in [4.69, 9.17) is 17.3 Å². The first-order valence-electron chi connectivity index (χ1n) is 6.19. The number of pyridine rings is 1. The summed E-state index contributed by atoms with van der Waals surface area (Å²) in [6, 6.07) is 12.1. The molecule has 2 unspecified atom stereocenters. The predicted octanol–water partition coefficient (Wildman–Crippen LogP) is 3.46. The topological polar surface area (TPSA) is 38.9 Å². The Bertz CT molecular complexity index is 568. The summed E-state index contributed by atoms with van der Waals surface area (Å²) in [5.41, 5.74) is 9.90. The largest absolute Gasteiger partial charge is 0.323 e. The van der Waals surface area contributed by atoms with Crippen LogP contribution in [0.2, 0.25) is 5.02 Å². The maximum atomic E-state index is 6.22. The van der Waals surface area contributed by atoms with Crippen LogP contribution in [0.1, 0.15) is 35.2 Å². The van der Waals surface area contributed by atoms with Crippen LogP contribution in [0.3, 0.4) is 0 Å². The molecule has 0 spiro atoms. The first-order chi connectivity index (χ1) is 8.75. The highest BCUT2D eigenvalue weighted by atomic mass is 35.5. The zero-order chi connectivity index (χ0) is 12.5. The van der Waals surface area contributed by atoms with Crippen LogP contribution in [-0.2, 0) is 6.42 Å². The molecule has 0 radical (unpaired) electrons. The Morgan fingerprint density at radius 1 is 1.28 bits per heavy atom. The van der Waals surface area contributed by atoms with Crippen LogP contribution in [0.25, 0.3) is 0 Å². The Hall–Kier alpha value is -1.38. The minimum Gasteiger partial charge on any atom is -0.323 e. The molecule has 0 bridgehead atoms. The van der Waals surface area contributed by atoms with Gasteiger partial charge in [-0.05, 0) is 42.0 Å². The molecule has 2 atom stereocenters. The van der Waals surface area contributed by atoms with Gasteiger partial charge in [-0.25, -0.2) is 0 Å². The molecule has 0 saturated carbocycles. The van der Waals surface area contributed by atoms with Gasteiger partial charge >= 0.3 is 0 Å². The van der Waals surface area contributed by atoms with E-state index in [-0.39, 0.29) is 6.04 Å². The van der Waals surface area contributed by atoms with E-state index in [1.54, 1.807) is 6.20 Å². The molecule has 1 heterocycles. The highest BCUT2D eigenvalue weighted by Crippen LogP contribution is 2.40. The van der Waals surface area contributed by atoms with Crippen LogP contribution in [-0.4, -0.2) is 4.98 Å². The van der Waals surface area contributed by atoms with Crippen molar-refractivity contribution in [2.75, 3.05) is 0 Å². The SMILES string of the molecule is NC(CC1Cc2ccccc21)c1ncccc1Cl. The molecule has 1 aliphatic rings. The van der Waals surface area contributed by atoms with Crippen LogP contribution < -0.4 is 5.73 Å². The number of fused-ring (bicyclic) bond motifs is 1. The van der Waals surface area contributed by atoms with Crippen LogP contribution in [0.4, 0.5) is 0 Å². The Labute approximate surface area is 112 Å². The van der Waals surface area contributed by atoms with E-state index >= 15 is 0 Å². The Morgan fingerprint density at radius 2 is 2.11 bits per heavy atom. The molecular weight excluding hydrogens is 244 g/mol. The lowest BCUT2D eigenvalue weighted by molar-refractivity contribution is 0.492. The fraction of sp³-hybridized carbons (Fsp3) is 0.267. The number of aromatic nitrogens is 1. The zero-order valence-corrected chi connectivity index (χ0v) is 10.8. The maximum Gasteiger partial charge on any atom is 0.0756 e. The van der Waals surface area contributed by atoms with Crippen LogP contribution >= 0.6 is 11.6 Å². The van der Waals surface area contributed by atoms with E-state index in [9.17, 15) is 0 Å². The molecule has 3 heteroatoms. The summed E-state index contributed by atoms with van der Waals surface area (Å²) >= 11 is 6.12. The normalized spacial score (nSPS) is 18.9. The standard InChI is InChI=1S/C15H15ClN2/c16-13-6-3-7-18-15(13)14(17)9-11-8-10-4-1-2-5-12(10)11/h1-7,11,14H,8-9,17H2. The van der Waals surface area contributed by atoms with Gasteiger partial charge in [-0.2, -0.15) is 0 Å². The van der Waals surface area contributed by atoms with Crippen LogP contribution in [0.15, 0.2) is 42.6 Å². The van der Waals surface area contributed by atoms with Gasteiger partial charge in [0.05, 0.1) is 10.7 Å². The summed E-state index contributed by atoms with van der Waals surface area (Å²) in [7, 11) is 0. The second-order valence-corrected chi connectivity index (χ2v) is 5.22. The molecule has 3 rings (SSSR count). The third-order valence-corrected chi connectivity index (χ3v) is 3.96. The number of hydrogen-bond acceptors (Lipinski definition) is 2. The van der Waals surface area contributed by atoms with Crippen molar-refractivity contribution >= 4 is 11.6 Å². The van der Waals surface area contributed by atoms with Gasteiger partial charge in [0.15, 0.2) is 0 Å². The molecule has 0 amide bonds. The van der Waals surface area contributed by atoms with E-state index in [0.29, 0.717) is 10.9 Å². The molecule has 2 aromatic rings. The molecule has 2 N–H and O–H groups in total. The van der Waals surface area contributed by atoms with Crippen molar-refractivity contribution in [1.82, 2.24) is 4.98 Å². The third kappa shape index (κ3) is 2.02. The number of nitrogens with zero attached hydrogens (tertiary/aromatic N) is 1. The summed E-state index contributed by atoms with van der Waals surface area (Å²) in [4.78, 5) is 4.29. The maximum absolute atomic E-state index is 6.22. The van der Waals surface area contributed by atoms with Gasteiger partial charge < -0.3 is 5.73 Å². The van der Waals surface area contributed by atoms with E-state index in [1.165, 1.54) is 11.1 Å². The van der Waals surface area contributed by atoms with E-state index in [2.05, 4.69) is 29.2 Å². The fourth-order valence-electron chi connectivity index (χ4n) is 2.66. The summed E-state index contributed by atoms with van der Waals surface area (Å²) in [6.45, 7) is 0. The monoisotopic (exact) mass is 258 g/mol. The number of halogens is 1. The number of nitrogens with two attached hydrogens (primary N) is 1. The Kier molecular flexibility index (Phi) is 3.06. The lowest BCUT2D eigenvalue weighted by atomic mass is 9.74. The summed E-state index contributed by atoms with van der Waals surface area (Å²) in [6.07, 6.45) is 3.78.